The maximum Gasteiger partial charge on any atom is 0.0705 e. The Bertz CT molecular complexity index is 733. The van der Waals surface area contributed by atoms with E-state index in [2.05, 4.69) is 52.5 Å². The van der Waals surface area contributed by atoms with Gasteiger partial charge in [-0.25, -0.2) is 0 Å². The van der Waals surface area contributed by atoms with Gasteiger partial charge in [-0.2, -0.15) is 0 Å². The summed E-state index contributed by atoms with van der Waals surface area (Å²) in [5.41, 5.74) is 2.29. The van der Waals surface area contributed by atoms with Crippen LogP contribution in [-0.2, 0) is 13.1 Å². The van der Waals surface area contributed by atoms with Gasteiger partial charge in [0.2, 0.25) is 0 Å². The number of pyridine rings is 1. The number of benzene rings is 1. The lowest BCUT2D eigenvalue weighted by atomic mass is 10.1. The first-order chi connectivity index (χ1) is 11.3. The van der Waals surface area contributed by atoms with Gasteiger partial charge in [0.1, 0.15) is 0 Å². The van der Waals surface area contributed by atoms with Gasteiger partial charge in [0.15, 0.2) is 0 Å². The van der Waals surface area contributed by atoms with Crippen LogP contribution in [0.1, 0.15) is 23.8 Å². The van der Waals surface area contributed by atoms with E-state index in [1.54, 1.807) is 11.3 Å². The van der Waals surface area contributed by atoms with Crippen molar-refractivity contribution in [3.05, 3.63) is 64.5 Å². The zero-order valence-corrected chi connectivity index (χ0v) is 14.2. The highest BCUT2D eigenvalue weighted by Crippen LogP contribution is 2.22. The number of aliphatic hydroxyl groups excluding tert-OH is 1. The van der Waals surface area contributed by atoms with E-state index in [1.165, 1.54) is 15.8 Å². The molecule has 0 saturated heterocycles. The summed E-state index contributed by atoms with van der Waals surface area (Å²) in [6, 6.07) is 14.8. The van der Waals surface area contributed by atoms with E-state index < -0.39 is 0 Å². The summed E-state index contributed by atoms with van der Waals surface area (Å²) in [5, 5.41) is 13.1. The van der Waals surface area contributed by atoms with Gasteiger partial charge in [-0.15, -0.1) is 11.3 Å². The van der Waals surface area contributed by atoms with Crippen molar-refractivity contribution in [3.8, 4) is 0 Å². The van der Waals surface area contributed by atoms with E-state index in [4.69, 9.17) is 0 Å². The summed E-state index contributed by atoms with van der Waals surface area (Å²) in [7, 11) is 0. The van der Waals surface area contributed by atoms with Crippen LogP contribution in [0.5, 0.6) is 0 Å². The monoisotopic (exact) mass is 326 g/mol. The molecule has 0 unspecified atom stereocenters. The number of aliphatic hydroxyl groups is 1. The molecule has 0 aliphatic heterocycles. The number of rotatable bonds is 7. The Labute approximate surface area is 141 Å². The average molecular weight is 326 g/mol. The topological polar surface area (TPSA) is 36.4 Å². The first-order valence-corrected chi connectivity index (χ1v) is 8.89. The molecule has 0 aliphatic carbocycles. The summed E-state index contributed by atoms with van der Waals surface area (Å²) < 4.78 is 0. The third kappa shape index (κ3) is 3.78. The molecule has 0 bridgehead atoms. The standard InChI is InChI=1S/C19H22N2OS/c1-2-16(14-22)21(13-17-6-5-11-23-17)12-15-9-10-20-19-8-4-3-7-18(15)19/h3-11,16,22H,2,12-14H2,1H3/t16-/m0/s1. The van der Waals surface area contributed by atoms with Gasteiger partial charge in [-0.3, -0.25) is 9.88 Å². The average Bonchev–Trinajstić information content (AvgIpc) is 3.09. The van der Waals surface area contributed by atoms with Crippen LogP contribution in [0.25, 0.3) is 10.9 Å². The maximum absolute atomic E-state index is 9.77. The second-order valence-corrected chi connectivity index (χ2v) is 6.75. The molecule has 0 aliphatic rings. The number of fused-ring (bicyclic) bond motifs is 1. The van der Waals surface area contributed by atoms with Crippen LogP contribution in [0.2, 0.25) is 0 Å². The highest BCUT2D eigenvalue weighted by Gasteiger charge is 2.18. The Hall–Kier alpha value is -1.75. The molecule has 0 spiro atoms. The van der Waals surface area contributed by atoms with Crippen LogP contribution < -0.4 is 0 Å². The molecule has 23 heavy (non-hydrogen) atoms. The minimum atomic E-state index is 0.170. The number of aromatic nitrogens is 1. The quantitative estimate of drug-likeness (QED) is 0.711. The van der Waals surface area contributed by atoms with Crippen LogP contribution in [0.15, 0.2) is 54.0 Å². The summed E-state index contributed by atoms with van der Waals surface area (Å²) >= 11 is 1.77. The molecule has 1 aromatic carbocycles. The lowest BCUT2D eigenvalue weighted by molar-refractivity contribution is 0.108. The SMILES string of the molecule is CC[C@@H](CO)N(Cc1cccs1)Cc1ccnc2ccccc12. The maximum atomic E-state index is 9.77. The van der Waals surface area contributed by atoms with Crippen molar-refractivity contribution < 1.29 is 5.11 Å². The molecule has 2 aromatic heterocycles. The van der Waals surface area contributed by atoms with Crippen molar-refractivity contribution in [1.29, 1.82) is 0 Å². The van der Waals surface area contributed by atoms with E-state index in [9.17, 15) is 5.11 Å². The predicted molar refractivity (Wildman–Crippen MR) is 96.5 cm³/mol. The molecule has 0 radical (unpaired) electrons. The van der Waals surface area contributed by atoms with Gasteiger partial charge in [0.05, 0.1) is 12.1 Å². The lowest BCUT2D eigenvalue weighted by Crippen LogP contribution is -2.36. The van der Waals surface area contributed by atoms with Gasteiger partial charge in [0.25, 0.3) is 0 Å². The van der Waals surface area contributed by atoms with Crippen molar-refractivity contribution in [1.82, 2.24) is 9.88 Å². The molecule has 4 heteroatoms. The second-order valence-electron chi connectivity index (χ2n) is 5.72. The molecular weight excluding hydrogens is 304 g/mol. The number of para-hydroxylation sites is 1. The number of thiophene rings is 1. The van der Waals surface area contributed by atoms with Gasteiger partial charge in [0, 0.05) is 35.6 Å². The molecule has 1 atom stereocenters. The third-order valence-electron chi connectivity index (χ3n) is 4.25. The minimum Gasteiger partial charge on any atom is -0.395 e. The van der Waals surface area contributed by atoms with Crippen molar-refractivity contribution in [3.63, 3.8) is 0 Å². The van der Waals surface area contributed by atoms with E-state index in [0.29, 0.717) is 0 Å². The number of nitrogens with zero attached hydrogens (tertiary/aromatic N) is 2. The van der Waals surface area contributed by atoms with Gasteiger partial charge in [-0.1, -0.05) is 31.2 Å². The fourth-order valence-electron chi connectivity index (χ4n) is 2.93. The van der Waals surface area contributed by atoms with Crippen LogP contribution in [0, 0.1) is 0 Å². The Balaban J connectivity index is 1.90. The number of hydrogen-bond donors (Lipinski definition) is 1. The lowest BCUT2D eigenvalue weighted by Gasteiger charge is -2.29. The van der Waals surface area contributed by atoms with E-state index in [0.717, 1.165) is 25.0 Å². The highest BCUT2D eigenvalue weighted by molar-refractivity contribution is 7.09. The zero-order chi connectivity index (χ0) is 16.1. The van der Waals surface area contributed by atoms with Crippen LogP contribution in [0.4, 0.5) is 0 Å². The molecule has 1 N–H and O–H groups in total. The van der Waals surface area contributed by atoms with Crippen LogP contribution in [0.3, 0.4) is 0 Å². The van der Waals surface area contributed by atoms with Crippen molar-refractivity contribution >= 4 is 22.2 Å². The molecule has 3 rings (SSSR count). The smallest absolute Gasteiger partial charge is 0.0705 e. The summed E-state index contributed by atoms with van der Waals surface area (Å²) in [6.45, 7) is 4.01. The first-order valence-electron chi connectivity index (χ1n) is 8.01. The Morgan fingerprint density at radius 1 is 1.13 bits per heavy atom. The largest absolute Gasteiger partial charge is 0.395 e. The summed E-state index contributed by atoms with van der Waals surface area (Å²) in [4.78, 5) is 8.14. The summed E-state index contributed by atoms with van der Waals surface area (Å²) in [5.74, 6) is 0. The fraction of sp³-hybridized carbons (Fsp3) is 0.316. The Morgan fingerprint density at radius 3 is 2.74 bits per heavy atom. The molecule has 0 amide bonds. The Morgan fingerprint density at radius 2 is 2.00 bits per heavy atom. The van der Waals surface area contributed by atoms with Gasteiger partial charge < -0.3 is 5.11 Å². The molecule has 120 valence electrons. The van der Waals surface area contributed by atoms with Crippen molar-refractivity contribution in [2.45, 2.75) is 32.5 Å². The molecule has 2 heterocycles. The van der Waals surface area contributed by atoms with Gasteiger partial charge >= 0.3 is 0 Å². The molecule has 0 saturated carbocycles. The molecule has 3 aromatic rings. The van der Waals surface area contributed by atoms with Crippen molar-refractivity contribution in [2.75, 3.05) is 6.61 Å². The zero-order valence-electron chi connectivity index (χ0n) is 13.4. The number of hydrogen-bond acceptors (Lipinski definition) is 4. The minimum absolute atomic E-state index is 0.170. The van der Waals surface area contributed by atoms with Crippen LogP contribution >= 0.6 is 11.3 Å². The predicted octanol–water partition coefficient (Wildman–Crippen LogP) is 4.07. The van der Waals surface area contributed by atoms with E-state index in [-0.39, 0.29) is 12.6 Å². The molecule has 0 fully saturated rings. The normalized spacial score (nSPS) is 12.8. The van der Waals surface area contributed by atoms with E-state index >= 15 is 0 Å². The Kier molecular flexibility index (Phi) is 5.39. The molecule has 3 nitrogen and oxygen atoms in total. The second kappa shape index (κ2) is 7.68. The fourth-order valence-corrected chi connectivity index (χ4v) is 3.66. The summed E-state index contributed by atoms with van der Waals surface area (Å²) in [6.07, 6.45) is 2.81. The third-order valence-corrected chi connectivity index (χ3v) is 5.11. The highest BCUT2D eigenvalue weighted by atomic mass is 32.1. The van der Waals surface area contributed by atoms with Crippen molar-refractivity contribution in [2.24, 2.45) is 0 Å². The van der Waals surface area contributed by atoms with Crippen LogP contribution in [-0.4, -0.2) is 27.6 Å². The molecular formula is C19H22N2OS. The van der Waals surface area contributed by atoms with E-state index in [1.807, 2.05) is 18.3 Å². The first kappa shape index (κ1) is 16.1. The van der Waals surface area contributed by atoms with Gasteiger partial charge in [-0.05, 0) is 35.6 Å².